The highest BCUT2D eigenvalue weighted by Gasteiger charge is 2.15. The molecular weight excluding hydrogens is 450 g/mol. The Bertz CT molecular complexity index is 1170. The van der Waals surface area contributed by atoms with Gasteiger partial charge >= 0.3 is 11.9 Å². The molecule has 0 aliphatic carbocycles. The molecule has 1 aromatic heterocycles. The van der Waals surface area contributed by atoms with Crippen molar-refractivity contribution < 1.29 is 28.6 Å². The first-order chi connectivity index (χ1) is 15.3. The van der Waals surface area contributed by atoms with E-state index in [0.717, 1.165) is 10.8 Å². The highest BCUT2D eigenvalue weighted by Crippen LogP contribution is 2.23. The first-order valence-corrected chi connectivity index (χ1v) is 9.99. The fraction of sp³-hybridized carbons (Fsp3) is 0.217. The molecule has 0 unspecified atom stereocenters. The molecule has 5 N–H and O–H groups in total. The predicted molar refractivity (Wildman–Crippen MR) is 124 cm³/mol. The monoisotopic (exact) mass is 473 g/mol. The number of amides is 1. The van der Waals surface area contributed by atoms with Crippen molar-refractivity contribution in [1.82, 2.24) is 5.32 Å². The van der Waals surface area contributed by atoms with Crippen molar-refractivity contribution in [3.63, 3.8) is 0 Å². The quantitative estimate of drug-likeness (QED) is 0.115. The van der Waals surface area contributed by atoms with E-state index in [9.17, 15) is 14.4 Å². The zero-order valence-electron chi connectivity index (χ0n) is 17.6. The molecule has 33 heavy (non-hydrogen) atoms. The van der Waals surface area contributed by atoms with Crippen LogP contribution in [0.2, 0.25) is 0 Å². The molecule has 1 heterocycles. The number of hydrogen-bond acceptors (Lipinski definition) is 6. The maximum absolute atomic E-state index is 12.4. The Balaban J connectivity index is 0.00000385. The Hall–Kier alpha value is -3.85. The lowest BCUT2D eigenvalue weighted by Gasteiger charge is -2.06. The summed E-state index contributed by atoms with van der Waals surface area (Å²) in [4.78, 5) is 34.6. The van der Waals surface area contributed by atoms with Crippen molar-refractivity contribution in [3.8, 4) is 5.75 Å². The zero-order valence-corrected chi connectivity index (χ0v) is 18.4. The van der Waals surface area contributed by atoms with E-state index < -0.39 is 11.9 Å². The molecule has 0 bridgehead atoms. The average Bonchev–Trinajstić information content (AvgIpc) is 3.24. The van der Waals surface area contributed by atoms with Crippen LogP contribution in [0.4, 0.5) is 0 Å². The number of carbonyl (C=O) groups is 3. The highest BCUT2D eigenvalue weighted by molar-refractivity contribution is 5.99. The Labute approximate surface area is 195 Å². The summed E-state index contributed by atoms with van der Waals surface area (Å²) in [5.41, 5.74) is 6.11. The van der Waals surface area contributed by atoms with Crippen LogP contribution in [0.5, 0.6) is 5.75 Å². The largest absolute Gasteiger partial charge is 0.481 e. The van der Waals surface area contributed by atoms with E-state index in [1.54, 1.807) is 42.5 Å². The topological polar surface area (TPSA) is 156 Å². The molecule has 0 saturated carbocycles. The Morgan fingerprint density at radius 3 is 2.42 bits per heavy atom. The van der Waals surface area contributed by atoms with Gasteiger partial charge in [-0.05, 0) is 53.9 Å². The lowest BCUT2D eigenvalue weighted by Crippen LogP contribution is -2.22. The summed E-state index contributed by atoms with van der Waals surface area (Å²) in [6, 6.07) is 13.4. The summed E-state index contributed by atoms with van der Waals surface area (Å²) < 4.78 is 10.8. The van der Waals surface area contributed by atoms with E-state index in [1.807, 2.05) is 0 Å². The smallest absolute Gasteiger partial charge is 0.379 e. The van der Waals surface area contributed by atoms with E-state index in [2.05, 4.69) is 5.32 Å². The summed E-state index contributed by atoms with van der Waals surface area (Å²) in [5.74, 6) is -1.06. The van der Waals surface area contributed by atoms with Gasteiger partial charge in [-0.1, -0.05) is 18.2 Å². The maximum Gasteiger partial charge on any atom is 0.379 e. The van der Waals surface area contributed by atoms with Crippen LogP contribution in [0.15, 0.2) is 52.9 Å². The number of carbonyl (C=O) groups excluding carboxylic acids is 2. The second kappa shape index (κ2) is 11.7. The summed E-state index contributed by atoms with van der Waals surface area (Å²) in [6.45, 7) is 0.111. The number of nitrogens with two attached hydrogens (primary N) is 1. The molecule has 0 radical (unpaired) electrons. The number of unbranched alkanes of at least 4 members (excludes halogenated alkanes) is 1. The molecular formula is C23H24ClN3O6. The molecule has 0 aliphatic heterocycles. The SMILES string of the molecule is Cl.N=C(N)c1ccc2cc(OC(=O)c3ccc(CNC(=O)CCCCC(=O)O)o3)ccc2c1. The number of nitrogens with one attached hydrogen (secondary N) is 2. The highest BCUT2D eigenvalue weighted by atomic mass is 35.5. The molecule has 1 amide bonds. The molecule has 0 aliphatic rings. The van der Waals surface area contributed by atoms with Gasteiger partial charge in [-0.25, -0.2) is 4.79 Å². The molecule has 174 valence electrons. The third-order valence-electron chi connectivity index (χ3n) is 4.70. The van der Waals surface area contributed by atoms with Crippen molar-refractivity contribution in [1.29, 1.82) is 5.41 Å². The zero-order chi connectivity index (χ0) is 23.1. The number of fused-ring (bicyclic) bond motifs is 1. The standard InChI is InChI=1S/C23H23N3O6.ClH/c24-22(25)16-6-5-15-12-17(8-7-14(15)11-16)32-23(30)19-10-9-18(31-19)13-26-20(27)3-1-2-4-21(28)29;/h5-12H,1-4,13H2,(H3,24,25)(H,26,27)(H,28,29);1H. The van der Waals surface area contributed by atoms with E-state index in [4.69, 9.17) is 25.4 Å². The van der Waals surface area contributed by atoms with Crippen LogP contribution in [-0.4, -0.2) is 28.8 Å². The lowest BCUT2D eigenvalue weighted by molar-refractivity contribution is -0.137. The molecule has 0 spiro atoms. The fourth-order valence-electron chi connectivity index (χ4n) is 3.03. The molecule has 3 aromatic rings. The van der Waals surface area contributed by atoms with Crippen LogP contribution in [0, 0.1) is 5.41 Å². The predicted octanol–water partition coefficient (Wildman–Crippen LogP) is 3.62. The molecule has 9 nitrogen and oxygen atoms in total. The third kappa shape index (κ3) is 7.36. The molecule has 3 rings (SSSR count). The number of nitrogen functional groups attached to an aromatic ring is 1. The fourth-order valence-corrected chi connectivity index (χ4v) is 3.03. The first kappa shape index (κ1) is 25.4. The van der Waals surface area contributed by atoms with E-state index in [0.29, 0.717) is 29.9 Å². The van der Waals surface area contributed by atoms with Gasteiger partial charge in [0.1, 0.15) is 17.3 Å². The molecule has 0 saturated heterocycles. The van der Waals surface area contributed by atoms with Crippen molar-refractivity contribution in [2.24, 2.45) is 5.73 Å². The number of esters is 1. The Kier molecular flexibility index (Phi) is 8.99. The second-order valence-corrected chi connectivity index (χ2v) is 7.17. The minimum Gasteiger partial charge on any atom is -0.481 e. The number of furan rings is 1. The number of aliphatic carboxylic acids is 1. The van der Waals surface area contributed by atoms with E-state index in [-0.39, 0.29) is 49.3 Å². The van der Waals surface area contributed by atoms with Crippen molar-refractivity contribution in [3.05, 3.63) is 65.6 Å². The summed E-state index contributed by atoms with van der Waals surface area (Å²) in [6.07, 6.45) is 1.17. The van der Waals surface area contributed by atoms with Gasteiger partial charge in [0.2, 0.25) is 11.7 Å². The van der Waals surface area contributed by atoms with Gasteiger partial charge in [-0.15, -0.1) is 12.4 Å². The van der Waals surface area contributed by atoms with Gasteiger partial charge in [0.25, 0.3) is 0 Å². The van der Waals surface area contributed by atoms with Crippen molar-refractivity contribution in [2.45, 2.75) is 32.2 Å². The number of carboxylic acids is 1. The van der Waals surface area contributed by atoms with Gasteiger partial charge in [0.05, 0.1) is 6.54 Å². The number of hydrogen-bond donors (Lipinski definition) is 4. The second-order valence-electron chi connectivity index (χ2n) is 7.17. The number of benzene rings is 2. The lowest BCUT2D eigenvalue weighted by atomic mass is 10.1. The van der Waals surface area contributed by atoms with Gasteiger partial charge in [-0.2, -0.15) is 0 Å². The number of ether oxygens (including phenoxy) is 1. The van der Waals surface area contributed by atoms with Gasteiger partial charge in [0.15, 0.2) is 0 Å². The summed E-state index contributed by atoms with van der Waals surface area (Å²) in [7, 11) is 0. The van der Waals surface area contributed by atoms with Crippen LogP contribution in [0.3, 0.4) is 0 Å². The van der Waals surface area contributed by atoms with Gasteiger partial charge in [-0.3, -0.25) is 15.0 Å². The van der Waals surface area contributed by atoms with Crippen LogP contribution in [0.1, 0.15) is 47.6 Å². The van der Waals surface area contributed by atoms with Gasteiger partial charge in [0, 0.05) is 18.4 Å². The maximum atomic E-state index is 12.4. The first-order valence-electron chi connectivity index (χ1n) is 9.99. The van der Waals surface area contributed by atoms with Crippen LogP contribution < -0.4 is 15.8 Å². The molecule has 0 atom stereocenters. The molecule has 2 aromatic carbocycles. The van der Waals surface area contributed by atoms with Crippen molar-refractivity contribution >= 4 is 46.9 Å². The van der Waals surface area contributed by atoms with Crippen molar-refractivity contribution in [2.75, 3.05) is 0 Å². The normalized spacial score (nSPS) is 10.3. The number of amidine groups is 1. The summed E-state index contributed by atoms with van der Waals surface area (Å²) in [5, 5.41) is 20.4. The molecule has 10 heteroatoms. The number of carboxylic acid groups (broad SMARTS) is 1. The number of rotatable bonds is 10. The van der Waals surface area contributed by atoms with Crippen LogP contribution in [0.25, 0.3) is 10.8 Å². The average molecular weight is 474 g/mol. The van der Waals surface area contributed by atoms with Gasteiger partial charge < -0.3 is 25.3 Å². The minimum atomic E-state index is -0.883. The van der Waals surface area contributed by atoms with E-state index in [1.165, 1.54) is 6.07 Å². The van der Waals surface area contributed by atoms with Crippen LogP contribution >= 0.6 is 12.4 Å². The molecule has 0 fully saturated rings. The Morgan fingerprint density at radius 2 is 1.70 bits per heavy atom. The Morgan fingerprint density at radius 1 is 1.00 bits per heavy atom. The third-order valence-corrected chi connectivity index (χ3v) is 4.70. The summed E-state index contributed by atoms with van der Waals surface area (Å²) >= 11 is 0. The number of halogens is 1. The van der Waals surface area contributed by atoms with Crippen LogP contribution in [-0.2, 0) is 16.1 Å². The van der Waals surface area contributed by atoms with E-state index >= 15 is 0 Å². The minimum absolute atomic E-state index is 0.